The van der Waals surface area contributed by atoms with E-state index in [1.54, 1.807) is 34.1 Å². The zero-order valence-corrected chi connectivity index (χ0v) is 31.8. The van der Waals surface area contributed by atoms with E-state index in [1.165, 1.54) is 16.3 Å². The number of ether oxygens (including phenoxy) is 2. The van der Waals surface area contributed by atoms with E-state index < -0.39 is 41.1 Å². The van der Waals surface area contributed by atoms with Crippen LogP contribution in [0.2, 0.25) is 0 Å². The average molecular weight is 735 g/mol. The first-order valence-corrected chi connectivity index (χ1v) is 18.5. The molecule has 1 saturated heterocycles. The Labute approximate surface area is 308 Å². The minimum atomic E-state index is -1.05. The first-order valence-electron chi connectivity index (χ1n) is 17.6. The van der Waals surface area contributed by atoms with Crippen molar-refractivity contribution in [2.75, 3.05) is 20.3 Å². The standard InChI is InChI=1S/C38H50N6O7S/c1-8-43-31-14-13-23(17-25(31)26(19-38(5,6)22-45)33(43)24-11-9-15-39-29(24)20-50-7)30-21-52-32(40-30)18-28(41-36(49)51-37(2,3)4)34(46)44-16-10-12-27(42-44)35(47)48/h9,11,13-15,17,21,27-28,42,45H,8,10,12,16,18-20,22H2,1-7H3,(H,41,49)(H,47,48)/t27-,28-/m0/s1. The number of aliphatic hydroxyl groups excluding tert-OH is 1. The normalized spacial score (nSPS) is 15.8. The van der Waals surface area contributed by atoms with Crippen molar-refractivity contribution in [3.63, 3.8) is 0 Å². The number of rotatable bonds is 13. The number of benzene rings is 1. The highest BCUT2D eigenvalue weighted by atomic mass is 32.1. The third-order valence-corrected chi connectivity index (χ3v) is 9.83. The summed E-state index contributed by atoms with van der Waals surface area (Å²) in [5.74, 6) is -1.51. The third-order valence-electron chi connectivity index (χ3n) is 8.96. The molecule has 1 aliphatic rings. The Morgan fingerprint density at radius 3 is 2.62 bits per heavy atom. The monoisotopic (exact) mass is 734 g/mol. The number of carbonyl (C=O) groups excluding carboxylic acids is 2. The summed E-state index contributed by atoms with van der Waals surface area (Å²) in [6.45, 7) is 12.8. The number of amides is 2. The van der Waals surface area contributed by atoms with Crippen molar-refractivity contribution >= 4 is 40.2 Å². The summed E-state index contributed by atoms with van der Waals surface area (Å²) in [7, 11) is 1.66. The fraction of sp³-hybridized carbons (Fsp3) is 0.500. The number of hydrogen-bond acceptors (Lipinski definition) is 10. The molecule has 0 spiro atoms. The van der Waals surface area contributed by atoms with Crippen LogP contribution >= 0.6 is 11.3 Å². The lowest BCUT2D eigenvalue weighted by atomic mass is 9.84. The summed E-state index contributed by atoms with van der Waals surface area (Å²) in [5, 5.41) is 27.4. The molecule has 0 radical (unpaired) electrons. The molecular weight excluding hydrogens is 685 g/mol. The summed E-state index contributed by atoms with van der Waals surface area (Å²) in [5.41, 5.74) is 8.21. The van der Waals surface area contributed by atoms with Crippen LogP contribution in [0.3, 0.4) is 0 Å². The summed E-state index contributed by atoms with van der Waals surface area (Å²) < 4.78 is 13.3. The number of aliphatic carboxylic acids is 1. The zero-order valence-electron chi connectivity index (χ0n) is 31.0. The average Bonchev–Trinajstić information content (AvgIpc) is 3.69. The van der Waals surface area contributed by atoms with E-state index in [1.807, 2.05) is 31.4 Å². The molecule has 1 aromatic carbocycles. The van der Waals surface area contributed by atoms with Gasteiger partial charge in [-0.05, 0) is 82.2 Å². The van der Waals surface area contributed by atoms with Crippen molar-refractivity contribution in [3.05, 3.63) is 58.2 Å². The molecule has 14 heteroatoms. The number of carboxylic acid groups (broad SMARTS) is 1. The van der Waals surface area contributed by atoms with Gasteiger partial charge in [0.1, 0.15) is 17.7 Å². The lowest BCUT2D eigenvalue weighted by molar-refractivity contribution is -0.147. The molecule has 52 heavy (non-hydrogen) atoms. The fourth-order valence-electron chi connectivity index (χ4n) is 6.51. The summed E-state index contributed by atoms with van der Waals surface area (Å²) in [6, 6.07) is 8.29. The Morgan fingerprint density at radius 2 is 1.94 bits per heavy atom. The number of fused-ring (bicyclic) bond motifs is 1. The van der Waals surface area contributed by atoms with Crippen LogP contribution < -0.4 is 10.7 Å². The van der Waals surface area contributed by atoms with Crippen LogP contribution in [0.15, 0.2) is 41.9 Å². The van der Waals surface area contributed by atoms with E-state index in [0.29, 0.717) is 49.7 Å². The van der Waals surface area contributed by atoms with Crippen LogP contribution in [0.25, 0.3) is 33.4 Å². The minimum Gasteiger partial charge on any atom is -0.480 e. The number of thiazole rings is 1. The van der Waals surface area contributed by atoms with Crippen LogP contribution in [0.5, 0.6) is 0 Å². The van der Waals surface area contributed by atoms with Gasteiger partial charge in [0.2, 0.25) is 0 Å². The molecule has 4 aromatic rings. The maximum absolute atomic E-state index is 13.8. The van der Waals surface area contributed by atoms with E-state index in [9.17, 15) is 24.6 Å². The van der Waals surface area contributed by atoms with Gasteiger partial charge in [-0.15, -0.1) is 11.3 Å². The Hall–Kier alpha value is -4.37. The molecule has 2 amide bonds. The molecule has 1 fully saturated rings. The molecule has 3 aromatic heterocycles. The highest BCUT2D eigenvalue weighted by Crippen LogP contribution is 2.40. The number of aryl methyl sites for hydroxylation is 1. The number of hydrogen-bond donors (Lipinski definition) is 4. The molecule has 0 saturated carbocycles. The second kappa shape index (κ2) is 16.1. The van der Waals surface area contributed by atoms with Gasteiger partial charge in [-0.25, -0.2) is 15.2 Å². The predicted octanol–water partition coefficient (Wildman–Crippen LogP) is 5.57. The number of methoxy groups -OCH3 is 1. The number of nitrogens with zero attached hydrogens (tertiary/aromatic N) is 4. The summed E-state index contributed by atoms with van der Waals surface area (Å²) >= 11 is 1.37. The Kier molecular flexibility index (Phi) is 12.0. The Balaban J connectivity index is 1.52. The van der Waals surface area contributed by atoms with Gasteiger partial charge in [0.25, 0.3) is 5.91 Å². The van der Waals surface area contributed by atoms with Crippen molar-refractivity contribution < 1.29 is 34.1 Å². The number of carboxylic acids is 1. The first-order chi connectivity index (χ1) is 24.6. The van der Waals surface area contributed by atoms with Gasteiger partial charge in [-0.2, -0.15) is 0 Å². The maximum Gasteiger partial charge on any atom is 0.408 e. The topological polar surface area (TPSA) is 168 Å². The summed E-state index contributed by atoms with van der Waals surface area (Å²) in [4.78, 5) is 47.9. The molecule has 13 nitrogen and oxygen atoms in total. The van der Waals surface area contributed by atoms with Gasteiger partial charge in [0, 0.05) is 66.8 Å². The van der Waals surface area contributed by atoms with Gasteiger partial charge in [0.15, 0.2) is 0 Å². The van der Waals surface area contributed by atoms with Gasteiger partial charge >= 0.3 is 12.1 Å². The van der Waals surface area contributed by atoms with E-state index in [4.69, 9.17) is 14.5 Å². The lowest BCUT2D eigenvalue weighted by Crippen LogP contribution is -2.60. The number of hydrazine groups is 1. The van der Waals surface area contributed by atoms with E-state index >= 15 is 0 Å². The van der Waals surface area contributed by atoms with E-state index in [0.717, 1.165) is 39.0 Å². The number of alkyl carbamates (subject to hydrolysis) is 1. The van der Waals surface area contributed by atoms with Gasteiger partial charge in [-0.1, -0.05) is 19.9 Å². The molecule has 0 aliphatic carbocycles. The van der Waals surface area contributed by atoms with Gasteiger partial charge in [-0.3, -0.25) is 19.6 Å². The van der Waals surface area contributed by atoms with E-state index in [-0.39, 0.29) is 13.0 Å². The fourth-order valence-corrected chi connectivity index (χ4v) is 7.36. The lowest BCUT2D eigenvalue weighted by Gasteiger charge is -2.34. The number of carbonyl (C=O) groups is 3. The molecule has 4 N–H and O–H groups in total. The second-order valence-electron chi connectivity index (χ2n) is 14.9. The molecule has 5 rings (SSSR count). The second-order valence-corrected chi connectivity index (χ2v) is 15.9. The Bertz CT molecular complexity index is 1910. The smallest absolute Gasteiger partial charge is 0.408 e. The molecule has 2 atom stereocenters. The largest absolute Gasteiger partial charge is 0.480 e. The molecule has 280 valence electrons. The quantitative estimate of drug-likeness (QED) is 0.136. The van der Waals surface area contributed by atoms with Crippen LogP contribution in [-0.4, -0.2) is 85.7 Å². The highest BCUT2D eigenvalue weighted by molar-refractivity contribution is 7.10. The first kappa shape index (κ1) is 38.9. The van der Waals surface area contributed by atoms with Gasteiger partial charge < -0.3 is 29.6 Å². The van der Waals surface area contributed by atoms with Crippen molar-refractivity contribution in [1.29, 1.82) is 0 Å². The van der Waals surface area contributed by atoms with Crippen LogP contribution in [0, 0.1) is 5.41 Å². The van der Waals surface area contributed by atoms with Crippen molar-refractivity contribution in [2.24, 2.45) is 5.41 Å². The number of aromatic nitrogens is 3. The highest BCUT2D eigenvalue weighted by Gasteiger charge is 2.34. The van der Waals surface area contributed by atoms with Crippen LogP contribution in [0.1, 0.15) is 70.6 Å². The van der Waals surface area contributed by atoms with Crippen LogP contribution in [0.4, 0.5) is 4.79 Å². The Morgan fingerprint density at radius 1 is 1.17 bits per heavy atom. The third kappa shape index (κ3) is 8.98. The van der Waals surface area contributed by atoms with E-state index in [2.05, 4.69) is 45.4 Å². The van der Waals surface area contributed by atoms with Crippen LogP contribution in [-0.2, 0) is 45.1 Å². The van der Waals surface area contributed by atoms with Crippen molar-refractivity contribution in [1.82, 2.24) is 30.3 Å². The van der Waals surface area contributed by atoms with Crippen molar-refractivity contribution in [2.45, 2.75) is 98.1 Å². The SMILES string of the molecule is CCn1c(-c2cccnc2COC)c(CC(C)(C)CO)c2cc(-c3csc(C[C@H](NC(=O)OC(C)(C)C)C(=O)N4CCC[C@@H](C(=O)O)N4)n3)ccc21. The summed E-state index contributed by atoms with van der Waals surface area (Å²) in [6.07, 6.45) is 2.60. The minimum absolute atomic E-state index is 0.0134. The molecular formula is C38H50N6O7S. The molecule has 4 heterocycles. The number of nitrogens with one attached hydrogen (secondary N) is 2. The maximum atomic E-state index is 13.8. The molecule has 0 bridgehead atoms. The molecule has 1 aliphatic heterocycles. The zero-order chi connectivity index (χ0) is 37.8. The molecule has 0 unspecified atom stereocenters. The number of aliphatic hydroxyl groups is 1. The van der Waals surface area contributed by atoms with Crippen molar-refractivity contribution in [3.8, 4) is 22.5 Å². The number of pyridine rings is 1. The van der Waals surface area contributed by atoms with Gasteiger partial charge in [0.05, 0.1) is 28.7 Å². The predicted molar refractivity (Wildman–Crippen MR) is 200 cm³/mol.